The third kappa shape index (κ3) is 3.06. The Hall–Kier alpha value is -2.09. The van der Waals surface area contributed by atoms with Gasteiger partial charge in [0.25, 0.3) is 0 Å². The van der Waals surface area contributed by atoms with E-state index in [9.17, 15) is 4.79 Å². The van der Waals surface area contributed by atoms with Gasteiger partial charge in [-0.2, -0.15) is 4.98 Å². The van der Waals surface area contributed by atoms with Crippen molar-refractivity contribution in [3.63, 3.8) is 0 Å². The first-order chi connectivity index (χ1) is 12.7. The molecule has 3 aliphatic rings. The van der Waals surface area contributed by atoms with E-state index in [1.54, 1.807) is 18.1 Å². The molecule has 0 radical (unpaired) electrons. The molecule has 8 nitrogen and oxygen atoms in total. The summed E-state index contributed by atoms with van der Waals surface area (Å²) in [5.41, 5.74) is 0.794. The van der Waals surface area contributed by atoms with E-state index in [4.69, 9.17) is 4.98 Å². The lowest BCUT2D eigenvalue weighted by Crippen LogP contribution is -2.59. The Morgan fingerprint density at radius 3 is 2.65 bits per heavy atom. The smallest absolute Gasteiger partial charge is 0.343 e. The zero-order chi connectivity index (χ0) is 18.1. The molecule has 8 heteroatoms. The first-order valence-corrected chi connectivity index (χ1v) is 9.87. The second-order valence-corrected chi connectivity index (χ2v) is 7.41. The fraction of sp³-hybridized carbons (Fsp3) is 0.722. The largest absolute Gasteiger partial charge is 0.351 e. The summed E-state index contributed by atoms with van der Waals surface area (Å²) >= 11 is 0. The highest BCUT2D eigenvalue weighted by Gasteiger charge is 2.39. The lowest BCUT2D eigenvalue weighted by molar-refractivity contribution is 0.191. The number of carbonyl (C=O) groups is 1. The average molecular weight is 359 g/mol. The maximum absolute atomic E-state index is 12.8. The van der Waals surface area contributed by atoms with Gasteiger partial charge in [-0.05, 0) is 45.7 Å². The second kappa shape index (κ2) is 7.26. The number of aromatic nitrogens is 2. The highest BCUT2D eigenvalue weighted by molar-refractivity contribution is 5.98. The molecule has 3 heterocycles. The van der Waals surface area contributed by atoms with Crippen LogP contribution >= 0.6 is 0 Å². The van der Waals surface area contributed by atoms with Crippen LogP contribution in [0, 0.1) is 0 Å². The van der Waals surface area contributed by atoms with Gasteiger partial charge in [-0.15, -0.1) is 0 Å². The number of nitrogens with one attached hydrogen (secondary N) is 2. The van der Waals surface area contributed by atoms with E-state index in [1.807, 2.05) is 11.9 Å². The maximum atomic E-state index is 12.8. The summed E-state index contributed by atoms with van der Waals surface area (Å²) in [6.07, 6.45) is 8.58. The zero-order valence-electron chi connectivity index (χ0n) is 15.7. The Labute approximate surface area is 154 Å². The summed E-state index contributed by atoms with van der Waals surface area (Å²) in [5, 5.41) is 10.8. The third-order valence-electron chi connectivity index (χ3n) is 5.74. The van der Waals surface area contributed by atoms with Crippen molar-refractivity contribution in [2.75, 3.05) is 41.9 Å². The summed E-state index contributed by atoms with van der Waals surface area (Å²) in [6, 6.07) is 0.738. The molecule has 1 aliphatic carbocycles. The quantitative estimate of drug-likeness (QED) is 0.858. The van der Waals surface area contributed by atoms with Crippen molar-refractivity contribution >= 4 is 23.5 Å². The van der Waals surface area contributed by atoms with E-state index in [1.165, 1.54) is 12.8 Å². The van der Waals surface area contributed by atoms with Crippen molar-refractivity contribution in [2.45, 2.75) is 57.5 Å². The standard InChI is InChI=1S/C18H29N7O/c1-3-24-18(26)23(2)15-12-20-17(21-13-8-10-19-11-9-13)22-16(15)25(24)14-6-4-5-7-14/h12-14,19H,3-11H2,1-2H3,(H,20,21,22). The summed E-state index contributed by atoms with van der Waals surface area (Å²) in [7, 11) is 1.80. The maximum Gasteiger partial charge on any atom is 0.343 e. The summed E-state index contributed by atoms with van der Waals surface area (Å²) in [4.78, 5) is 23.9. The molecule has 142 valence electrons. The van der Waals surface area contributed by atoms with Gasteiger partial charge < -0.3 is 10.6 Å². The minimum Gasteiger partial charge on any atom is -0.351 e. The predicted molar refractivity (Wildman–Crippen MR) is 102 cm³/mol. The number of fused-ring (bicyclic) bond motifs is 1. The molecule has 0 atom stereocenters. The first-order valence-electron chi connectivity index (χ1n) is 9.87. The molecule has 1 aromatic rings. The van der Waals surface area contributed by atoms with Crippen molar-refractivity contribution in [1.29, 1.82) is 0 Å². The molecule has 2 N–H and O–H groups in total. The number of rotatable bonds is 4. The SMILES string of the molecule is CCN1C(=O)N(C)c2cnc(NC3CCNCC3)nc2N1C1CCCC1. The van der Waals surface area contributed by atoms with Gasteiger partial charge in [0.2, 0.25) is 5.95 Å². The van der Waals surface area contributed by atoms with E-state index in [2.05, 4.69) is 20.6 Å². The lowest BCUT2D eigenvalue weighted by atomic mass is 10.1. The number of amides is 2. The molecular formula is C18H29N7O. The average Bonchev–Trinajstić information content (AvgIpc) is 3.19. The van der Waals surface area contributed by atoms with E-state index in [-0.39, 0.29) is 6.03 Å². The van der Waals surface area contributed by atoms with Gasteiger partial charge in [-0.1, -0.05) is 12.8 Å². The van der Waals surface area contributed by atoms with Gasteiger partial charge >= 0.3 is 6.03 Å². The predicted octanol–water partition coefficient (Wildman–Crippen LogP) is 2.20. The Balaban J connectivity index is 1.67. The third-order valence-corrected chi connectivity index (χ3v) is 5.74. The van der Waals surface area contributed by atoms with Crippen LogP contribution < -0.4 is 20.5 Å². The Kier molecular flexibility index (Phi) is 4.84. The van der Waals surface area contributed by atoms with Crippen LogP contribution in [-0.4, -0.2) is 59.8 Å². The summed E-state index contributed by atoms with van der Waals surface area (Å²) < 4.78 is 0. The molecule has 0 spiro atoms. The Bertz CT molecular complexity index is 655. The van der Waals surface area contributed by atoms with Crippen molar-refractivity contribution in [1.82, 2.24) is 20.3 Å². The van der Waals surface area contributed by atoms with Crippen LogP contribution in [0.15, 0.2) is 6.20 Å². The van der Waals surface area contributed by atoms with E-state index < -0.39 is 0 Å². The molecule has 2 fully saturated rings. The molecular weight excluding hydrogens is 330 g/mol. The van der Waals surface area contributed by atoms with E-state index >= 15 is 0 Å². The molecule has 0 bridgehead atoms. The Morgan fingerprint density at radius 1 is 1.23 bits per heavy atom. The van der Waals surface area contributed by atoms with Crippen LogP contribution in [0.4, 0.5) is 22.2 Å². The van der Waals surface area contributed by atoms with Crippen LogP contribution in [-0.2, 0) is 0 Å². The molecule has 0 aromatic carbocycles. The normalized spacial score (nSPS) is 22.1. The van der Waals surface area contributed by atoms with Crippen LogP contribution in [0.25, 0.3) is 0 Å². The monoisotopic (exact) mass is 359 g/mol. The van der Waals surface area contributed by atoms with Gasteiger partial charge in [0, 0.05) is 19.6 Å². The van der Waals surface area contributed by atoms with Crippen molar-refractivity contribution in [3.05, 3.63) is 6.20 Å². The van der Waals surface area contributed by atoms with Crippen LogP contribution in [0.2, 0.25) is 0 Å². The number of piperidine rings is 1. The highest BCUT2D eigenvalue weighted by Crippen LogP contribution is 2.38. The number of anilines is 3. The van der Waals surface area contributed by atoms with Gasteiger partial charge in [-0.3, -0.25) is 9.91 Å². The Morgan fingerprint density at radius 2 is 1.96 bits per heavy atom. The van der Waals surface area contributed by atoms with Gasteiger partial charge in [0.05, 0.1) is 12.2 Å². The lowest BCUT2D eigenvalue weighted by Gasteiger charge is -2.45. The van der Waals surface area contributed by atoms with Gasteiger partial charge in [0.15, 0.2) is 5.82 Å². The summed E-state index contributed by atoms with van der Waals surface area (Å²) in [5.74, 6) is 1.52. The highest BCUT2D eigenvalue weighted by atomic mass is 16.2. The van der Waals surface area contributed by atoms with Crippen molar-refractivity contribution < 1.29 is 4.79 Å². The second-order valence-electron chi connectivity index (χ2n) is 7.41. The number of hydrazine groups is 1. The van der Waals surface area contributed by atoms with Gasteiger partial charge in [0.1, 0.15) is 5.69 Å². The van der Waals surface area contributed by atoms with E-state index in [0.717, 1.165) is 50.3 Å². The fourth-order valence-electron chi connectivity index (χ4n) is 4.28. The van der Waals surface area contributed by atoms with Crippen molar-refractivity contribution in [2.24, 2.45) is 0 Å². The van der Waals surface area contributed by atoms with Crippen LogP contribution in [0.3, 0.4) is 0 Å². The topological polar surface area (TPSA) is 76.6 Å². The molecule has 26 heavy (non-hydrogen) atoms. The molecule has 1 aromatic heterocycles. The number of carbonyl (C=O) groups excluding carboxylic acids is 1. The number of hydrogen-bond acceptors (Lipinski definition) is 6. The van der Waals surface area contributed by atoms with Gasteiger partial charge in [-0.25, -0.2) is 14.8 Å². The fourth-order valence-corrected chi connectivity index (χ4v) is 4.28. The van der Waals surface area contributed by atoms with Crippen molar-refractivity contribution in [3.8, 4) is 0 Å². The first kappa shape index (κ1) is 17.3. The minimum absolute atomic E-state index is 0.00503. The van der Waals surface area contributed by atoms with E-state index in [0.29, 0.717) is 24.6 Å². The number of urea groups is 1. The number of hydrogen-bond donors (Lipinski definition) is 2. The molecule has 0 unspecified atom stereocenters. The number of nitrogens with zero attached hydrogens (tertiary/aromatic N) is 5. The molecule has 1 saturated heterocycles. The minimum atomic E-state index is -0.00503. The van der Waals surface area contributed by atoms with Crippen LogP contribution in [0.5, 0.6) is 0 Å². The molecule has 2 aliphatic heterocycles. The summed E-state index contributed by atoms with van der Waals surface area (Å²) in [6.45, 7) is 4.71. The van der Waals surface area contributed by atoms with Crippen LogP contribution in [0.1, 0.15) is 45.4 Å². The molecule has 2 amide bonds. The molecule has 1 saturated carbocycles. The molecule has 4 rings (SSSR count). The zero-order valence-corrected chi connectivity index (χ0v) is 15.7.